The van der Waals surface area contributed by atoms with E-state index in [9.17, 15) is 18.4 Å². The molecule has 1 aromatic carbocycles. The molecule has 1 unspecified atom stereocenters. The minimum absolute atomic E-state index is 0.0390. The SMILES string of the molecule is O=C1CCC(CNC(=O)c2ccccc2OC(F)F)N1. The van der Waals surface area contributed by atoms with Crippen molar-refractivity contribution >= 4 is 11.8 Å². The fraction of sp³-hybridized carbons (Fsp3) is 0.385. The lowest BCUT2D eigenvalue weighted by molar-refractivity contribution is -0.119. The van der Waals surface area contributed by atoms with Crippen LogP contribution >= 0.6 is 0 Å². The molecule has 2 rings (SSSR count). The van der Waals surface area contributed by atoms with Crippen LogP contribution in [0.15, 0.2) is 24.3 Å². The molecule has 2 N–H and O–H groups in total. The van der Waals surface area contributed by atoms with E-state index in [2.05, 4.69) is 15.4 Å². The maximum atomic E-state index is 12.2. The van der Waals surface area contributed by atoms with Crippen molar-refractivity contribution in [2.75, 3.05) is 6.54 Å². The summed E-state index contributed by atoms with van der Waals surface area (Å²) in [5.74, 6) is -0.733. The Kier molecular flexibility index (Phi) is 4.49. The normalized spacial score (nSPS) is 17.9. The number of ether oxygens (including phenoxy) is 1. The molecule has 0 spiro atoms. The summed E-state index contributed by atoms with van der Waals surface area (Å²) in [5, 5.41) is 5.30. The number of amides is 2. The van der Waals surface area contributed by atoms with Gasteiger partial charge in [-0.05, 0) is 18.6 Å². The van der Waals surface area contributed by atoms with E-state index in [1.165, 1.54) is 18.2 Å². The van der Waals surface area contributed by atoms with Crippen molar-refractivity contribution < 1.29 is 23.1 Å². The molecule has 1 fully saturated rings. The third-order valence-corrected chi connectivity index (χ3v) is 2.94. The first-order valence-electron chi connectivity index (χ1n) is 6.17. The van der Waals surface area contributed by atoms with E-state index in [0.717, 1.165) is 0 Å². The van der Waals surface area contributed by atoms with Gasteiger partial charge in [0, 0.05) is 19.0 Å². The van der Waals surface area contributed by atoms with Crippen LogP contribution < -0.4 is 15.4 Å². The molecule has 0 radical (unpaired) electrons. The first-order chi connectivity index (χ1) is 9.56. The molecule has 7 heteroatoms. The zero-order valence-electron chi connectivity index (χ0n) is 10.6. The average Bonchev–Trinajstić information content (AvgIpc) is 2.82. The van der Waals surface area contributed by atoms with Crippen LogP contribution in [-0.4, -0.2) is 31.0 Å². The quantitative estimate of drug-likeness (QED) is 0.856. The first-order valence-corrected chi connectivity index (χ1v) is 6.17. The largest absolute Gasteiger partial charge is 0.434 e. The topological polar surface area (TPSA) is 67.4 Å². The van der Waals surface area contributed by atoms with Gasteiger partial charge < -0.3 is 15.4 Å². The summed E-state index contributed by atoms with van der Waals surface area (Å²) in [6, 6.07) is 5.66. The highest BCUT2D eigenvalue weighted by Gasteiger charge is 2.22. The van der Waals surface area contributed by atoms with Gasteiger partial charge in [-0.25, -0.2) is 0 Å². The van der Waals surface area contributed by atoms with Crippen LogP contribution in [0, 0.1) is 0 Å². The molecule has 1 atom stereocenters. The van der Waals surface area contributed by atoms with Crippen molar-refractivity contribution in [1.82, 2.24) is 10.6 Å². The number of para-hydroxylation sites is 1. The van der Waals surface area contributed by atoms with Crippen molar-refractivity contribution in [2.24, 2.45) is 0 Å². The Balaban J connectivity index is 1.96. The van der Waals surface area contributed by atoms with Gasteiger partial charge in [-0.2, -0.15) is 8.78 Å². The Morgan fingerprint density at radius 3 is 2.85 bits per heavy atom. The van der Waals surface area contributed by atoms with E-state index in [4.69, 9.17) is 0 Å². The molecule has 0 aromatic heterocycles. The predicted molar refractivity (Wildman–Crippen MR) is 66.6 cm³/mol. The number of alkyl halides is 2. The number of carbonyl (C=O) groups excluding carboxylic acids is 2. The summed E-state index contributed by atoms with van der Waals surface area (Å²) in [4.78, 5) is 23.0. The highest BCUT2D eigenvalue weighted by Crippen LogP contribution is 2.20. The van der Waals surface area contributed by atoms with Crippen molar-refractivity contribution in [3.05, 3.63) is 29.8 Å². The van der Waals surface area contributed by atoms with E-state index in [-0.39, 0.29) is 29.8 Å². The van der Waals surface area contributed by atoms with Crippen LogP contribution in [0.25, 0.3) is 0 Å². The minimum Gasteiger partial charge on any atom is -0.434 e. The lowest BCUT2D eigenvalue weighted by atomic mass is 10.1. The first kappa shape index (κ1) is 14.2. The highest BCUT2D eigenvalue weighted by molar-refractivity contribution is 5.97. The summed E-state index contributed by atoms with van der Waals surface area (Å²) in [5.41, 5.74) is 0.0390. The standard InChI is InChI=1S/C13H14F2N2O3/c14-13(15)20-10-4-2-1-3-9(10)12(19)16-7-8-5-6-11(18)17-8/h1-4,8,13H,5-7H2,(H,16,19)(H,17,18). The third kappa shape index (κ3) is 3.66. The summed E-state index contributed by atoms with van der Waals surface area (Å²) < 4.78 is 28.8. The number of halogens is 2. The van der Waals surface area contributed by atoms with Gasteiger partial charge in [0.25, 0.3) is 5.91 Å². The van der Waals surface area contributed by atoms with Crippen LogP contribution in [-0.2, 0) is 4.79 Å². The van der Waals surface area contributed by atoms with E-state index >= 15 is 0 Å². The van der Waals surface area contributed by atoms with Gasteiger partial charge in [0.15, 0.2) is 0 Å². The number of carbonyl (C=O) groups is 2. The van der Waals surface area contributed by atoms with Gasteiger partial charge in [-0.1, -0.05) is 12.1 Å². The molecule has 20 heavy (non-hydrogen) atoms. The molecule has 5 nitrogen and oxygen atoms in total. The zero-order chi connectivity index (χ0) is 14.5. The second-order valence-electron chi connectivity index (χ2n) is 4.39. The van der Waals surface area contributed by atoms with Crippen molar-refractivity contribution in [2.45, 2.75) is 25.5 Å². The number of benzene rings is 1. The van der Waals surface area contributed by atoms with Gasteiger partial charge in [-0.15, -0.1) is 0 Å². The molecular formula is C13H14F2N2O3. The number of hydrogen-bond donors (Lipinski definition) is 2. The fourth-order valence-electron chi connectivity index (χ4n) is 1.99. The molecule has 1 aliphatic heterocycles. The maximum Gasteiger partial charge on any atom is 0.387 e. The maximum absolute atomic E-state index is 12.2. The summed E-state index contributed by atoms with van der Waals surface area (Å²) in [6.07, 6.45) is 1.08. The van der Waals surface area contributed by atoms with Crippen LogP contribution in [0.3, 0.4) is 0 Å². The number of hydrogen-bond acceptors (Lipinski definition) is 3. The second kappa shape index (κ2) is 6.31. The molecule has 1 saturated heterocycles. The molecule has 108 valence electrons. The monoisotopic (exact) mass is 284 g/mol. The van der Waals surface area contributed by atoms with Gasteiger partial charge in [0.05, 0.1) is 5.56 Å². The second-order valence-corrected chi connectivity index (χ2v) is 4.39. The molecular weight excluding hydrogens is 270 g/mol. The summed E-state index contributed by atoms with van der Waals surface area (Å²) in [7, 11) is 0. The Bertz CT molecular complexity index is 508. The molecule has 1 aromatic rings. The van der Waals surface area contributed by atoms with E-state index in [1.807, 2.05) is 0 Å². The lowest BCUT2D eigenvalue weighted by Gasteiger charge is -2.13. The van der Waals surface area contributed by atoms with E-state index in [0.29, 0.717) is 12.8 Å². The van der Waals surface area contributed by atoms with Crippen LogP contribution in [0.1, 0.15) is 23.2 Å². The molecule has 1 aliphatic rings. The van der Waals surface area contributed by atoms with Crippen LogP contribution in [0.5, 0.6) is 5.75 Å². The van der Waals surface area contributed by atoms with Crippen molar-refractivity contribution in [3.63, 3.8) is 0 Å². The van der Waals surface area contributed by atoms with Crippen molar-refractivity contribution in [3.8, 4) is 5.75 Å². The zero-order valence-corrected chi connectivity index (χ0v) is 10.6. The Morgan fingerprint density at radius 1 is 1.45 bits per heavy atom. The highest BCUT2D eigenvalue weighted by atomic mass is 19.3. The molecule has 0 aliphatic carbocycles. The lowest BCUT2D eigenvalue weighted by Crippen LogP contribution is -2.38. The molecule has 1 heterocycles. The minimum atomic E-state index is -2.99. The third-order valence-electron chi connectivity index (χ3n) is 2.94. The molecule has 2 amide bonds. The molecule has 0 saturated carbocycles. The van der Waals surface area contributed by atoms with E-state index in [1.54, 1.807) is 6.07 Å². The van der Waals surface area contributed by atoms with E-state index < -0.39 is 12.5 Å². The van der Waals surface area contributed by atoms with Crippen molar-refractivity contribution in [1.29, 1.82) is 0 Å². The van der Waals surface area contributed by atoms with Crippen LogP contribution in [0.2, 0.25) is 0 Å². The Hall–Kier alpha value is -2.18. The number of nitrogens with one attached hydrogen (secondary N) is 2. The smallest absolute Gasteiger partial charge is 0.387 e. The average molecular weight is 284 g/mol. The summed E-state index contributed by atoms with van der Waals surface area (Å²) >= 11 is 0. The number of rotatable bonds is 5. The van der Waals surface area contributed by atoms with Gasteiger partial charge in [0.1, 0.15) is 5.75 Å². The summed E-state index contributed by atoms with van der Waals surface area (Å²) in [6.45, 7) is -2.73. The van der Waals surface area contributed by atoms with Gasteiger partial charge >= 0.3 is 6.61 Å². The molecule has 0 bridgehead atoms. The predicted octanol–water partition coefficient (Wildman–Crippen LogP) is 1.30. The van der Waals surface area contributed by atoms with Crippen LogP contribution in [0.4, 0.5) is 8.78 Å². The van der Waals surface area contributed by atoms with Gasteiger partial charge in [-0.3, -0.25) is 9.59 Å². The fourth-order valence-corrected chi connectivity index (χ4v) is 1.99. The Morgan fingerprint density at radius 2 is 2.20 bits per heavy atom. The Labute approximate surface area is 114 Å². The van der Waals surface area contributed by atoms with Gasteiger partial charge in [0.2, 0.25) is 5.91 Å².